The average molecular weight is 453 g/mol. The van der Waals surface area contributed by atoms with Gasteiger partial charge in [-0.05, 0) is 35.4 Å². The molecule has 4 atom stereocenters. The number of benzene rings is 2. The molecule has 0 aromatic heterocycles. The van der Waals surface area contributed by atoms with Crippen molar-refractivity contribution in [2.45, 2.75) is 37.6 Å². The van der Waals surface area contributed by atoms with Crippen LogP contribution in [-0.2, 0) is 36.9 Å². The molecule has 4 unspecified atom stereocenters. The standard InChI is InChI=1S/C26H32N2O5/c1-5-21(27(9-23-15-30-23)10-24-16-31-24)6-2-19(1)13-29-14-20-3-7-22(8-4-20)28(11-25-17-32-25)12-26-18-33-26/h1-8,23-26H,9-18H2. The lowest BCUT2D eigenvalue weighted by Gasteiger charge is -2.23. The van der Waals surface area contributed by atoms with Gasteiger partial charge in [0.05, 0.1) is 64.1 Å². The molecule has 2 aromatic rings. The highest BCUT2D eigenvalue weighted by molar-refractivity contribution is 5.49. The maximum absolute atomic E-state index is 6.00. The van der Waals surface area contributed by atoms with Crippen molar-refractivity contribution in [3.05, 3.63) is 59.7 Å². The number of epoxide rings is 4. The monoisotopic (exact) mass is 452 g/mol. The largest absolute Gasteiger partial charge is 0.372 e. The zero-order chi connectivity index (χ0) is 22.0. The molecule has 33 heavy (non-hydrogen) atoms. The number of hydrogen-bond donors (Lipinski definition) is 0. The summed E-state index contributed by atoms with van der Waals surface area (Å²) in [5.74, 6) is 0. The van der Waals surface area contributed by atoms with Gasteiger partial charge in [0.1, 0.15) is 0 Å². The lowest BCUT2D eigenvalue weighted by Crippen LogP contribution is -2.31. The summed E-state index contributed by atoms with van der Waals surface area (Å²) in [6.07, 6.45) is 1.48. The summed E-state index contributed by atoms with van der Waals surface area (Å²) in [5.41, 5.74) is 4.80. The van der Waals surface area contributed by atoms with E-state index in [0.29, 0.717) is 37.6 Å². The van der Waals surface area contributed by atoms with Gasteiger partial charge in [-0.1, -0.05) is 24.3 Å². The van der Waals surface area contributed by atoms with Crippen molar-refractivity contribution >= 4 is 11.4 Å². The summed E-state index contributed by atoms with van der Waals surface area (Å²) < 4.78 is 27.7. The Hall–Kier alpha value is -2.16. The van der Waals surface area contributed by atoms with Crippen LogP contribution < -0.4 is 9.80 Å². The number of ether oxygens (including phenoxy) is 5. The molecule has 4 saturated heterocycles. The molecular formula is C26H32N2O5. The van der Waals surface area contributed by atoms with E-state index in [1.165, 1.54) is 22.5 Å². The number of nitrogens with zero attached hydrogens (tertiary/aromatic N) is 2. The van der Waals surface area contributed by atoms with Crippen molar-refractivity contribution in [1.82, 2.24) is 0 Å². The van der Waals surface area contributed by atoms with E-state index in [1.807, 2.05) is 0 Å². The van der Waals surface area contributed by atoms with Crippen molar-refractivity contribution in [2.24, 2.45) is 0 Å². The Kier molecular flexibility index (Phi) is 6.22. The van der Waals surface area contributed by atoms with Gasteiger partial charge in [0.25, 0.3) is 0 Å². The van der Waals surface area contributed by atoms with E-state index in [4.69, 9.17) is 23.7 Å². The van der Waals surface area contributed by atoms with Gasteiger partial charge >= 0.3 is 0 Å². The Morgan fingerprint density at radius 2 is 0.848 bits per heavy atom. The van der Waals surface area contributed by atoms with E-state index in [1.54, 1.807) is 0 Å². The zero-order valence-corrected chi connectivity index (χ0v) is 18.9. The quantitative estimate of drug-likeness (QED) is 0.408. The van der Waals surface area contributed by atoms with Gasteiger partial charge in [-0.2, -0.15) is 0 Å². The second-order valence-electron chi connectivity index (χ2n) is 9.46. The van der Waals surface area contributed by atoms with Gasteiger partial charge in [0.15, 0.2) is 0 Å². The Morgan fingerprint density at radius 3 is 1.12 bits per heavy atom. The summed E-state index contributed by atoms with van der Waals surface area (Å²) in [7, 11) is 0. The minimum absolute atomic E-state index is 0.370. The van der Waals surface area contributed by atoms with E-state index in [-0.39, 0.29) is 0 Å². The predicted octanol–water partition coefficient (Wildman–Crippen LogP) is 2.61. The summed E-state index contributed by atoms with van der Waals surface area (Å²) in [6.45, 7) is 8.43. The van der Waals surface area contributed by atoms with Crippen LogP contribution in [0.5, 0.6) is 0 Å². The topological polar surface area (TPSA) is 65.8 Å². The molecule has 7 nitrogen and oxygen atoms in total. The predicted molar refractivity (Wildman–Crippen MR) is 125 cm³/mol. The SMILES string of the molecule is c1cc(N(CC2CO2)CC2CO2)ccc1COCc1ccc(N(CC2CO2)CC2CO2)cc1. The first kappa shape index (κ1) is 21.4. The molecule has 0 radical (unpaired) electrons. The van der Waals surface area contributed by atoms with Crippen molar-refractivity contribution < 1.29 is 23.7 Å². The fourth-order valence-corrected chi connectivity index (χ4v) is 4.14. The first-order chi connectivity index (χ1) is 16.3. The van der Waals surface area contributed by atoms with E-state index >= 15 is 0 Å². The van der Waals surface area contributed by atoms with Crippen LogP contribution >= 0.6 is 0 Å². The zero-order valence-electron chi connectivity index (χ0n) is 18.9. The molecule has 4 aliphatic heterocycles. The first-order valence-electron chi connectivity index (χ1n) is 12.0. The molecule has 0 N–H and O–H groups in total. The van der Waals surface area contributed by atoms with E-state index < -0.39 is 0 Å². The highest BCUT2D eigenvalue weighted by Crippen LogP contribution is 2.25. The third-order valence-corrected chi connectivity index (χ3v) is 6.45. The molecule has 0 amide bonds. The molecule has 0 bridgehead atoms. The van der Waals surface area contributed by atoms with E-state index in [9.17, 15) is 0 Å². The van der Waals surface area contributed by atoms with Crippen molar-refractivity contribution in [1.29, 1.82) is 0 Å². The van der Waals surface area contributed by atoms with E-state index in [0.717, 1.165) is 52.6 Å². The summed E-state index contributed by atoms with van der Waals surface area (Å²) in [4.78, 5) is 4.74. The Labute approximate surface area is 195 Å². The number of hydrogen-bond acceptors (Lipinski definition) is 7. The summed E-state index contributed by atoms with van der Waals surface area (Å²) in [5, 5.41) is 0. The van der Waals surface area contributed by atoms with Crippen LogP contribution in [0.3, 0.4) is 0 Å². The lowest BCUT2D eigenvalue weighted by atomic mass is 10.2. The Bertz CT molecular complexity index is 802. The van der Waals surface area contributed by atoms with Crippen LogP contribution in [0.4, 0.5) is 11.4 Å². The van der Waals surface area contributed by atoms with Crippen LogP contribution in [0.1, 0.15) is 11.1 Å². The molecule has 4 heterocycles. The lowest BCUT2D eigenvalue weighted by molar-refractivity contribution is 0.107. The number of anilines is 2. The molecule has 4 fully saturated rings. The van der Waals surface area contributed by atoms with Crippen molar-refractivity contribution in [2.75, 3.05) is 62.4 Å². The van der Waals surface area contributed by atoms with Gasteiger partial charge in [0.2, 0.25) is 0 Å². The van der Waals surface area contributed by atoms with Crippen molar-refractivity contribution in [3.63, 3.8) is 0 Å². The Morgan fingerprint density at radius 1 is 0.545 bits per heavy atom. The van der Waals surface area contributed by atoms with Crippen molar-refractivity contribution in [3.8, 4) is 0 Å². The second-order valence-corrected chi connectivity index (χ2v) is 9.46. The minimum atomic E-state index is 0.370. The van der Waals surface area contributed by atoms with Crippen LogP contribution in [0.25, 0.3) is 0 Å². The third kappa shape index (κ3) is 6.46. The number of rotatable bonds is 14. The van der Waals surface area contributed by atoms with Gasteiger partial charge in [-0.3, -0.25) is 0 Å². The second kappa shape index (κ2) is 9.60. The maximum atomic E-state index is 6.00. The van der Waals surface area contributed by atoms with Crippen LogP contribution in [0.2, 0.25) is 0 Å². The molecule has 176 valence electrons. The van der Waals surface area contributed by atoms with Crippen LogP contribution in [-0.4, -0.2) is 77.0 Å². The highest BCUT2D eigenvalue weighted by atomic mass is 16.6. The van der Waals surface area contributed by atoms with Gasteiger partial charge in [0, 0.05) is 37.6 Å². The maximum Gasteiger partial charge on any atom is 0.0984 e. The molecule has 2 aromatic carbocycles. The molecule has 7 heteroatoms. The average Bonchev–Trinajstić information content (AvgIpc) is 3.66. The van der Waals surface area contributed by atoms with E-state index in [2.05, 4.69) is 58.3 Å². The van der Waals surface area contributed by atoms with Gasteiger partial charge < -0.3 is 33.5 Å². The minimum Gasteiger partial charge on any atom is -0.372 e. The van der Waals surface area contributed by atoms with Crippen LogP contribution in [0.15, 0.2) is 48.5 Å². The Balaban J connectivity index is 0.987. The molecule has 0 spiro atoms. The normalized spacial score (nSPS) is 26.7. The fraction of sp³-hybridized carbons (Fsp3) is 0.538. The van der Waals surface area contributed by atoms with Gasteiger partial charge in [-0.25, -0.2) is 0 Å². The smallest absolute Gasteiger partial charge is 0.0984 e. The molecule has 0 saturated carbocycles. The van der Waals surface area contributed by atoms with Gasteiger partial charge in [-0.15, -0.1) is 0 Å². The molecule has 6 rings (SSSR count). The summed E-state index contributed by atoms with van der Waals surface area (Å²) >= 11 is 0. The molecule has 0 aliphatic carbocycles. The van der Waals surface area contributed by atoms with Crippen LogP contribution in [0, 0.1) is 0 Å². The highest BCUT2D eigenvalue weighted by Gasteiger charge is 2.32. The summed E-state index contributed by atoms with van der Waals surface area (Å²) in [6, 6.07) is 17.4. The molecular weight excluding hydrogens is 420 g/mol. The fourth-order valence-electron chi connectivity index (χ4n) is 4.14. The third-order valence-electron chi connectivity index (χ3n) is 6.45. The first-order valence-corrected chi connectivity index (χ1v) is 12.0. The molecule has 4 aliphatic rings.